The lowest BCUT2D eigenvalue weighted by molar-refractivity contribution is -0.121. The van der Waals surface area contributed by atoms with Gasteiger partial charge in [0.25, 0.3) is 0 Å². The van der Waals surface area contributed by atoms with Crippen molar-refractivity contribution in [3.63, 3.8) is 0 Å². The number of carbonyl (C=O) groups is 1. The van der Waals surface area contributed by atoms with Crippen LogP contribution in [0.1, 0.15) is 19.4 Å². The van der Waals surface area contributed by atoms with E-state index in [-0.39, 0.29) is 4.77 Å². The number of tetrazole rings is 1. The number of aromatic nitrogens is 4. The maximum atomic E-state index is 10.9. The first-order valence-corrected chi connectivity index (χ1v) is 3.86. The van der Waals surface area contributed by atoms with Gasteiger partial charge in [0.05, 0.1) is 0 Å². The van der Waals surface area contributed by atoms with Crippen molar-refractivity contribution in [2.75, 3.05) is 0 Å². The summed E-state index contributed by atoms with van der Waals surface area (Å²) in [5, 5.41) is 9.47. The van der Waals surface area contributed by atoms with Gasteiger partial charge in [-0.3, -0.25) is 4.79 Å². The second kappa shape index (κ2) is 3.44. The molecule has 0 aliphatic heterocycles. The van der Waals surface area contributed by atoms with Gasteiger partial charge >= 0.3 is 0 Å². The van der Waals surface area contributed by atoms with Crippen molar-refractivity contribution in [2.45, 2.75) is 19.4 Å². The summed E-state index contributed by atoms with van der Waals surface area (Å²) in [7, 11) is 0. The summed E-state index contributed by atoms with van der Waals surface area (Å²) in [5.41, 5.74) is 5.13. The molecule has 7 heteroatoms. The van der Waals surface area contributed by atoms with E-state index < -0.39 is 11.9 Å². The van der Waals surface area contributed by atoms with E-state index in [0.29, 0.717) is 6.42 Å². The lowest BCUT2D eigenvalue weighted by Crippen LogP contribution is -2.26. The smallest absolute Gasteiger partial charge is 0.242 e. The molecule has 1 unspecified atom stereocenters. The van der Waals surface area contributed by atoms with E-state index in [0.717, 1.165) is 0 Å². The SMILES string of the molecule is CCC(C(N)=O)n1[nH]nnc1=S. The summed E-state index contributed by atoms with van der Waals surface area (Å²) in [6.07, 6.45) is 0.563. The minimum absolute atomic E-state index is 0.237. The van der Waals surface area contributed by atoms with Gasteiger partial charge < -0.3 is 5.73 Å². The second-order valence-electron chi connectivity index (χ2n) is 2.28. The molecule has 0 radical (unpaired) electrons. The average Bonchev–Trinajstić information content (AvgIpc) is 2.38. The fourth-order valence-corrected chi connectivity index (χ4v) is 1.13. The van der Waals surface area contributed by atoms with Crippen LogP contribution >= 0.6 is 12.2 Å². The highest BCUT2D eigenvalue weighted by Gasteiger charge is 2.16. The molecule has 0 saturated carbocycles. The van der Waals surface area contributed by atoms with Crippen LogP contribution in [0.4, 0.5) is 0 Å². The number of nitrogens with zero attached hydrogens (tertiary/aromatic N) is 3. The first kappa shape index (κ1) is 8.85. The third-order valence-corrected chi connectivity index (χ3v) is 1.80. The quantitative estimate of drug-likeness (QED) is 0.640. The molecule has 0 aliphatic rings. The lowest BCUT2D eigenvalue weighted by atomic mass is 10.2. The zero-order chi connectivity index (χ0) is 9.14. The maximum absolute atomic E-state index is 10.9. The predicted molar refractivity (Wildman–Crippen MR) is 43.7 cm³/mol. The molecule has 1 amide bonds. The molecule has 1 rings (SSSR count). The minimum Gasteiger partial charge on any atom is -0.368 e. The molecule has 12 heavy (non-hydrogen) atoms. The molecule has 0 aliphatic carbocycles. The Morgan fingerprint density at radius 3 is 2.92 bits per heavy atom. The summed E-state index contributed by atoms with van der Waals surface area (Å²) in [6, 6.07) is -0.479. The van der Waals surface area contributed by atoms with Crippen molar-refractivity contribution in [1.29, 1.82) is 0 Å². The molecule has 1 heterocycles. The first-order valence-electron chi connectivity index (χ1n) is 3.45. The summed E-state index contributed by atoms with van der Waals surface area (Å²) < 4.78 is 1.61. The standard InChI is InChI=1S/C5H9N5OS/c1-2-3(4(6)11)10-5(12)7-8-9-10/h3H,2H2,1H3,(H2,6,11)(H,7,9,12). The molecular formula is C5H9N5OS. The Morgan fingerprint density at radius 1 is 1.92 bits per heavy atom. The Kier molecular flexibility index (Phi) is 2.54. The fraction of sp³-hybridized carbons (Fsp3) is 0.600. The first-order chi connectivity index (χ1) is 5.66. The average molecular weight is 187 g/mol. The molecule has 0 spiro atoms. The fourth-order valence-electron chi connectivity index (χ4n) is 0.918. The zero-order valence-electron chi connectivity index (χ0n) is 6.52. The number of primary amides is 1. The lowest BCUT2D eigenvalue weighted by Gasteiger charge is -2.09. The van der Waals surface area contributed by atoms with E-state index in [2.05, 4.69) is 15.5 Å². The van der Waals surface area contributed by atoms with Gasteiger partial charge in [-0.2, -0.15) is 5.21 Å². The maximum Gasteiger partial charge on any atom is 0.242 e. The summed E-state index contributed by atoms with van der Waals surface area (Å²) in [4.78, 5) is 10.9. The third-order valence-electron chi connectivity index (χ3n) is 1.52. The van der Waals surface area contributed by atoms with E-state index in [1.165, 1.54) is 4.68 Å². The summed E-state index contributed by atoms with van der Waals surface area (Å²) >= 11 is 4.80. The number of hydrogen-bond donors (Lipinski definition) is 2. The van der Waals surface area contributed by atoms with Crippen molar-refractivity contribution in [3.05, 3.63) is 4.77 Å². The number of rotatable bonds is 3. The van der Waals surface area contributed by atoms with Gasteiger partial charge in [-0.1, -0.05) is 17.2 Å². The minimum atomic E-state index is -0.479. The summed E-state index contributed by atoms with van der Waals surface area (Å²) in [6.45, 7) is 1.83. The predicted octanol–water partition coefficient (Wildman–Crippen LogP) is -0.228. The van der Waals surface area contributed by atoms with Crippen LogP contribution in [0.25, 0.3) is 0 Å². The molecule has 0 fully saturated rings. The Hall–Kier alpha value is -1.24. The number of amides is 1. The van der Waals surface area contributed by atoms with E-state index in [1.807, 2.05) is 6.92 Å². The molecule has 1 aromatic rings. The van der Waals surface area contributed by atoms with E-state index in [4.69, 9.17) is 18.0 Å². The molecule has 6 nitrogen and oxygen atoms in total. The van der Waals surface area contributed by atoms with E-state index >= 15 is 0 Å². The van der Waals surface area contributed by atoms with Crippen LogP contribution in [0, 0.1) is 4.77 Å². The molecule has 0 saturated heterocycles. The van der Waals surface area contributed by atoms with Crippen LogP contribution in [-0.4, -0.2) is 26.1 Å². The van der Waals surface area contributed by atoms with Gasteiger partial charge in [0, 0.05) is 0 Å². The topological polar surface area (TPSA) is 89.6 Å². The highest BCUT2D eigenvalue weighted by molar-refractivity contribution is 7.71. The largest absolute Gasteiger partial charge is 0.368 e. The van der Waals surface area contributed by atoms with Gasteiger partial charge in [-0.25, -0.2) is 4.68 Å². The third kappa shape index (κ3) is 1.50. The Balaban J connectivity index is 3.03. The molecule has 1 atom stereocenters. The normalized spacial score (nSPS) is 12.8. The van der Waals surface area contributed by atoms with Crippen molar-refractivity contribution >= 4 is 18.1 Å². The van der Waals surface area contributed by atoms with Crippen molar-refractivity contribution in [3.8, 4) is 0 Å². The van der Waals surface area contributed by atoms with E-state index in [9.17, 15) is 4.79 Å². The van der Waals surface area contributed by atoms with Crippen molar-refractivity contribution in [1.82, 2.24) is 20.2 Å². The van der Waals surface area contributed by atoms with Crippen LogP contribution in [0.2, 0.25) is 0 Å². The number of nitrogens with one attached hydrogen (secondary N) is 1. The van der Waals surface area contributed by atoms with E-state index in [1.54, 1.807) is 0 Å². The van der Waals surface area contributed by atoms with Crippen molar-refractivity contribution < 1.29 is 4.79 Å². The second-order valence-corrected chi connectivity index (χ2v) is 2.64. The molecule has 3 N–H and O–H groups in total. The zero-order valence-corrected chi connectivity index (χ0v) is 7.34. The summed E-state index contributed by atoms with van der Waals surface area (Å²) in [5.74, 6) is -0.445. The molecule has 0 bridgehead atoms. The number of carbonyl (C=O) groups excluding carboxylic acids is 1. The highest BCUT2D eigenvalue weighted by Crippen LogP contribution is 2.07. The number of hydrogen-bond acceptors (Lipinski definition) is 4. The number of H-pyrrole nitrogens is 1. The van der Waals surface area contributed by atoms with Crippen LogP contribution in [0.5, 0.6) is 0 Å². The van der Waals surface area contributed by atoms with Gasteiger partial charge in [-0.15, -0.1) is 0 Å². The monoisotopic (exact) mass is 187 g/mol. The van der Waals surface area contributed by atoms with Crippen LogP contribution < -0.4 is 5.73 Å². The van der Waals surface area contributed by atoms with Crippen LogP contribution in [-0.2, 0) is 4.79 Å². The Morgan fingerprint density at radius 2 is 2.58 bits per heavy atom. The number of aromatic amines is 1. The van der Waals surface area contributed by atoms with Gasteiger partial charge in [-0.05, 0) is 18.6 Å². The molecule has 0 aromatic carbocycles. The Bertz CT molecular complexity index is 329. The van der Waals surface area contributed by atoms with Crippen LogP contribution in [0.3, 0.4) is 0 Å². The van der Waals surface area contributed by atoms with Gasteiger partial charge in [0.1, 0.15) is 6.04 Å². The van der Waals surface area contributed by atoms with Gasteiger partial charge in [0.2, 0.25) is 10.7 Å². The van der Waals surface area contributed by atoms with Crippen molar-refractivity contribution in [2.24, 2.45) is 5.73 Å². The highest BCUT2D eigenvalue weighted by atomic mass is 32.1. The van der Waals surface area contributed by atoms with Gasteiger partial charge in [0.15, 0.2) is 0 Å². The van der Waals surface area contributed by atoms with Crippen LogP contribution in [0.15, 0.2) is 0 Å². The molecular weight excluding hydrogens is 178 g/mol. The molecule has 66 valence electrons. The number of nitrogens with two attached hydrogens (primary N) is 1. The molecule has 1 aromatic heterocycles. The Labute approximate surface area is 73.7 Å².